The molecule has 0 fully saturated rings. The van der Waals surface area contributed by atoms with Crippen molar-refractivity contribution >= 4 is 6.16 Å². The Labute approximate surface area is 68.6 Å². The van der Waals surface area contributed by atoms with E-state index in [0.717, 1.165) is 0 Å². The zero-order chi connectivity index (χ0) is 8.97. The van der Waals surface area contributed by atoms with Gasteiger partial charge in [-0.25, -0.2) is 0 Å². The Kier molecular flexibility index (Phi) is 2.29. The maximum Gasteiger partial charge on any atom is 0.555 e. The third kappa shape index (κ3) is 1.73. The van der Waals surface area contributed by atoms with Crippen molar-refractivity contribution in [2.24, 2.45) is 0 Å². The van der Waals surface area contributed by atoms with E-state index >= 15 is 0 Å². The van der Waals surface area contributed by atoms with E-state index in [2.05, 4.69) is 4.74 Å². The van der Waals surface area contributed by atoms with Crippen LogP contribution in [0, 0.1) is 11.3 Å². The van der Waals surface area contributed by atoms with Gasteiger partial charge in [-0.15, -0.1) is 0 Å². The van der Waals surface area contributed by atoms with E-state index in [4.69, 9.17) is 5.26 Å². The number of benzene rings is 1. The highest BCUT2D eigenvalue weighted by atomic mass is 16.7. The van der Waals surface area contributed by atoms with Crippen molar-refractivity contribution in [3.63, 3.8) is 0 Å². The zero-order valence-corrected chi connectivity index (χ0v) is 5.98. The van der Waals surface area contributed by atoms with Crippen LogP contribution >= 0.6 is 0 Å². The van der Waals surface area contributed by atoms with Gasteiger partial charge in [-0.05, 0) is 12.1 Å². The second kappa shape index (κ2) is 3.39. The molecule has 0 spiro atoms. The van der Waals surface area contributed by atoms with Crippen LogP contribution in [0.3, 0.4) is 0 Å². The van der Waals surface area contributed by atoms with Crippen LogP contribution < -0.4 is 4.74 Å². The predicted molar refractivity (Wildman–Crippen MR) is 37.9 cm³/mol. The first-order valence-corrected chi connectivity index (χ1v) is 3.12. The van der Waals surface area contributed by atoms with Gasteiger partial charge in [-0.3, -0.25) is 0 Å². The normalized spacial score (nSPS) is 8.58. The van der Waals surface area contributed by atoms with E-state index in [1.807, 2.05) is 0 Å². The average Bonchev–Trinajstić information content (AvgIpc) is 2.04. The molecule has 0 unspecified atom stereocenters. The van der Waals surface area contributed by atoms with Crippen LogP contribution in [0.2, 0.25) is 0 Å². The van der Waals surface area contributed by atoms with E-state index < -0.39 is 6.16 Å². The Morgan fingerprint density at radius 2 is 2.08 bits per heavy atom. The minimum Gasteiger partial charge on any atom is -0.391 e. The van der Waals surface area contributed by atoms with E-state index in [0.29, 0.717) is 0 Å². The van der Waals surface area contributed by atoms with Crippen molar-refractivity contribution in [1.82, 2.24) is 0 Å². The van der Waals surface area contributed by atoms with Crippen LogP contribution in [0.5, 0.6) is 5.75 Å². The molecular formula is C8H4NO3. The molecule has 0 heterocycles. The number of nitriles is 1. The molecule has 0 saturated carbocycles. The van der Waals surface area contributed by atoms with E-state index in [-0.39, 0.29) is 11.3 Å². The summed E-state index contributed by atoms with van der Waals surface area (Å²) in [5.74, 6) is 0.000000000000000222. The third-order valence-electron chi connectivity index (χ3n) is 1.20. The van der Waals surface area contributed by atoms with Crippen molar-refractivity contribution < 1.29 is 14.6 Å². The molecule has 0 amide bonds. The second-order valence-electron chi connectivity index (χ2n) is 1.96. The fraction of sp³-hybridized carbons (Fsp3) is 0. The number of nitrogens with zero attached hydrogens (tertiary/aromatic N) is 1. The van der Waals surface area contributed by atoms with Gasteiger partial charge in [-0.2, -0.15) is 15.2 Å². The number of para-hydroxylation sites is 1. The minimum absolute atomic E-state index is 0.000000000000000222. The molecule has 1 rings (SSSR count). The monoisotopic (exact) mass is 162 g/mol. The molecule has 0 N–H and O–H groups in total. The van der Waals surface area contributed by atoms with Crippen LogP contribution in [-0.4, -0.2) is 6.16 Å². The van der Waals surface area contributed by atoms with Gasteiger partial charge in [0.2, 0.25) is 0 Å². The Bertz CT molecular complexity index is 340. The molecule has 0 aliphatic carbocycles. The lowest BCUT2D eigenvalue weighted by Crippen LogP contribution is -2.02. The van der Waals surface area contributed by atoms with E-state index in [1.54, 1.807) is 18.2 Å². The first-order chi connectivity index (χ1) is 5.74. The molecule has 0 bridgehead atoms. The predicted octanol–water partition coefficient (Wildman–Crippen LogP) is 1.49. The first-order valence-electron chi connectivity index (χ1n) is 3.12. The highest BCUT2D eigenvalue weighted by Crippen LogP contribution is 2.16. The second-order valence-corrected chi connectivity index (χ2v) is 1.96. The van der Waals surface area contributed by atoms with E-state index in [1.165, 1.54) is 12.1 Å². The molecule has 1 aromatic carbocycles. The van der Waals surface area contributed by atoms with Gasteiger partial charge in [-0.1, -0.05) is 12.1 Å². The van der Waals surface area contributed by atoms with Gasteiger partial charge >= 0.3 is 6.16 Å². The number of carbonyl (C=O) groups excluding carboxylic acids is 1. The summed E-state index contributed by atoms with van der Waals surface area (Å²) < 4.78 is 4.22. The minimum atomic E-state index is -1.67. The molecular weight excluding hydrogens is 158 g/mol. The highest BCUT2D eigenvalue weighted by molar-refractivity contribution is 5.62. The van der Waals surface area contributed by atoms with Crippen molar-refractivity contribution in [1.29, 1.82) is 5.26 Å². The van der Waals surface area contributed by atoms with Crippen LogP contribution in [0.4, 0.5) is 4.79 Å². The lowest BCUT2D eigenvalue weighted by atomic mass is 10.2. The Hall–Kier alpha value is -2.02. The summed E-state index contributed by atoms with van der Waals surface area (Å²) in [5.41, 5.74) is 0.168. The van der Waals surface area contributed by atoms with Crippen molar-refractivity contribution in [2.45, 2.75) is 0 Å². The van der Waals surface area contributed by atoms with Gasteiger partial charge in [0.1, 0.15) is 6.07 Å². The number of rotatable bonds is 1. The maximum absolute atomic E-state index is 9.99. The first kappa shape index (κ1) is 8.08. The highest BCUT2D eigenvalue weighted by Gasteiger charge is 2.06. The molecule has 0 aliphatic rings. The molecule has 0 aromatic heterocycles. The summed E-state index contributed by atoms with van der Waals surface area (Å²) in [5, 5.41) is 18.5. The van der Waals surface area contributed by atoms with Gasteiger partial charge in [0.15, 0.2) is 5.75 Å². The Balaban J connectivity index is 2.99. The van der Waals surface area contributed by atoms with Crippen molar-refractivity contribution in [3.05, 3.63) is 29.8 Å². The summed E-state index contributed by atoms with van der Waals surface area (Å²) in [6, 6.07) is 7.81. The maximum atomic E-state index is 9.99. The SMILES string of the molecule is N#Cc1ccccc1OC([O])=O. The lowest BCUT2D eigenvalue weighted by Gasteiger charge is -1.98. The van der Waals surface area contributed by atoms with Gasteiger partial charge < -0.3 is 4.74 Å². The molecule has 0 atom stereocenters. The lowest BCUT2D eigenvalue weighted by molar-refractivity contribution is 0.117. The summed E-state index contributed by atoms with van der Waals surface area (Å²) in [6.45, 7) is 0. The largest absolute Gasteiger partial charge is 0.555 e. The van der Waals surface area contributed by atoms with Crippen molar-refractivity contribution in [2.75, 3.05) is 0 Å². The van der Waals surface area contributed by atoms with Crippen molar-refractivity contribution in [3.8, 4) is 11.8 Å². The zero-order valence-electron chi connectivity index (χ0n) is 5.98. The average molecular weight is 162 g/mol. The van der Waals surface area contributed by atoms with Gasteiger partial charge in [0.25, 0.3) is 0 Å². The number of ether oxygens (including phenoxy) is 1. The molecule has 1 aromatic rings. The van der Waals surface area contributed by atoms with Crippen LogP contribution in [0.1, 0.15) is 5.56 Å². The molecule has 12 heavy (non-hydrogen) atoms. The van der Waals surface area contributed by atoms with Crippen LogP contribution in [-0.2, 0) is 5.11 Å². The fourth-order valence-corrected chi connectivity index (χ4v) is 0.738. The summed E-state index contributed by atoms with van der Waals surface area (Å²) in [4.78, 5) is 9.99. The summed E-state index contributed by atoms with van der Waals surface area (Å²) in [7, 11) is 0. The Morgan fingerprint density at radius 3 is 2.67 bits per heavy atom. The number of carbonyl (C=O) groups is 1. The summed E-state index contributed by atoms with van der Waals surface area (Å²) >= 11 is 0. The van der Waals surface area contributed by atoms with E-state index in [9.17, 15) is 9.90 Å². The molecule has 0 saturated heterocycles. The van der Waals surface area contributed by atoms with Gasteiger partial charge in [0, 0.05) is 0 Å². The number of hydrogen-bond donors (Lipinski definition) is 0. The smallest absolute Gasteiger partial charge is 0.391 e. The Morgan fingerprint density at radius 1 is 1.42 bits per heavy atom. The molecule has 59 valence electrons. The fourth-order valence-electron chi connectivity index (χ4n) is 0.738. The van der Waals surface area contributed by atoms with Crippen LogP contribution in [0.15, 0.2) is 24.3 Å². The quantitative estimate of drug-likeness (QED) is 0.464. The number of hydrogen-bond acceptors (Lipinski definition) is 3. The topological polar surface area (TPSA) is 70.0 Å². The molecule has 1 radical (unpaired) electrons. The van der Waals surface area contributed by atoms with Crippen LogP contribution in [0.25, 0.3) is 0 Å². The molecule has 4 heteroatoms. The molecule has 4 nitrogen and oxygen atoms in total. The third-order valence-corrected chi connectivity index (χ3v) is 1.20. The van der Waals surface area contributed by atoms with Gasteiger partial charge in [0.05, 0.1) is 5.56 Å². The summed E-state index contributed by atoms with van der Waals surface area (Å²) in [6.07, 6.45) is -1.67. The molecule has 0 aliphatic heterocycles. The standard InChI is InChI=1S/C8H4NO3/c9-5-6-3-1-2-4-7(6)12-8(10)11/h1-4H.